The van der Waals surface area contributed by atoms with Crippen LogP contribution in [0.1, 0.15) is 40.5 Å². The molecule has 3 unspecified atom stereocenters. The maximum atomic E-state index is 6.40. The van der Waals surface area contributed by atoms with E-state index in [1.54, 1.807) is 0 Å². The van der Waals surface area contributed by atoms with Crippen molar-refractivity contribution in [3.05, 3.63) is 0 Å². The Kier molecular flexibility index (Phi) is 6.25. The fourth-order valence-electron chi connectivity index (χ4n) is 1.50. The van der Waals surface area contributed by atoms with Crippen molar-refractivity contribution in [3.8, 4) is 0 Å². The number of rotatable bonds is 6. The summed E-state index contributed by atoms with van der Waals surface area (Å²) in [6, 6.07) is 0. The van der Waals surface area contributed by atoms with Crippen molar-refractivity contribution in [3.63, 3.8) is 0 Å². The van der Waals surface area contributed by atoms with Gasteiger partial charge in [-0.25, -0.2) is 0 Å². The van der Waals surface area contributed by atoms with Crippen LogP contribution in [0.3, 0.4) is 0 Å². The smallest absolute Gasteiger partial charge is 0.177 e. The van der Waals surface area contributed by atoms with E-state index >= 15 is 0 Å². The lowest BCUT2D eigenvalue weighted by Gasteiger charge is -2.37. The molecule has 0 bridgehead atoms. The molecule has 1 nitrogen and oxygen atoms in total. The molecular formula is C11H28OSi2. The van der Waals surface area contributed by atoms with Crippen molar-refractivity contribution in [2.24, 2.45) is 0 Å². The molecule has 0 aromatic heterocycles. The molecule has 0 saturated heterocycles. The average molecular weight is 233 g/mol. The van der Waals surface area contributed by atoms with E-state index in [1.807, 2.05) is 0 Å². The standard InChI is InChI=1S/C11H28OSi2/c1-8-10(3)14(7)12-11(4,9-2)13(5)6/h10,13-14H,8-9H2,1-7H3. The SMILES string of the molecule is CCC(C)[SiH](C)OC(C)(CC)[SiH](C)C. The van der Waals surface area contributed by atoms with Gasteiger partial charge in [0.25, 0.3) is 0 Å². The fourth-order valence-corrected chi connectivity index (χ4v) is 5.96. The van der Waals surface area contributed by atoms with E-state index in [9.17, 15) is 0 Å². The van der Waals surface area contributed by atoms with Gasteiger partial charge in [-0.3, -0.25) is 0 Å². The monoisotopic (exact) mass is 232 g/mol. The van der Waals surface area contributed by atoms with Crippen molar-refractivity contribution in [2.75, 3.05) is 0 Å². The first kappa shape index (κ1) is 14.4. The van der Waals surface area contributed by atoms with Crippen LogP contribution >= 0.6 is 0 Å². The topological polar surface area (TPSA) is 9.23 Å². The minimum atomic E-state index is -0.960. The zero-order valence-corrected chi connectivity index (χ0v) is 13.4. The summed E-state index contributed by atoms with van der Waals surface area (Å²) in [5.74, 6) is 0. The molecule has 0 aromatic carbocycles. The van der Waals surface area contributed by atoms with Crippen LogP contribution in [-0.2, 0) is 4.43 Å². The van der Waals surface area contributed by atoms with Crippen molar-refractivity contribution in [2.45, 2.75) is 70.9 Å². The first-order valence-corrected chi connectivity index (χ1v) is 11.2. The summed E-state index contributed by atoms with van der Waals surface area (Å²) in [6.07, 6.45) is 2.46. The van der Waals surface area contributed by atoms with Crippen molar-refractivity contribution < 1.29 is 4.43 Å². The van der Waals surface area contributed by atoms with E-state index in [0.29, 0.717) is 0 Å². The van der Waals surface area contributed by atoms with E-state index in [4.69, 9.17) is 4.43 Å². The minimum Gasteiger partial charge on any atom is -0.418 e. The lowest BCUT2D eigenvalue weighted by atomic mass is 10.3. The third-order valence-electron chi connectivity index (χ3n) is 3.82. The van der Waals surface area contributed by atoms with Gasteiger partial charge in [0.2, 0.25) is 0 Å². The van der Waals surface area contributed by atoms with Crippen molar-refractivity contribution >= 4 is 17.8 Å². The van der Waals surface area contributed by atoms with Crippen LogP contribution in [0.15, 0.2) is 0 Å². The molecule has 0 N–H and O–H groups in total. The van der Waals surface area contributed by atoms with Gasteiger partial charge in [-0.15, -0.1) is 0 Å². The highest BCUT2D eigenvalue weighted by Crippen LogP contribution is 2.25. The highest BCUT2D eigenvalue weighted by atomic mass is 28.3. The molecule has 0 fully saturated rings. The molecule has 0 saturated carbocycles. The molecule has 0 aliphatic rings. The molecule has 0 aliphatic heterocycles. The van der Waals surface area contributed by atoms with Crippen molar-refractivity contribution in [1.29, 1.82) is 0 Å². The third kappa shape index (κ3) is 3.87. The molecule has 0 spiro atoms. The Balaban J connectivity index is 4.31. The summed E-state index contributed by atoms with van der Waals surface area (Å²) in [5.41, 5.74) is 0.814. The molecule has 0 amide bonds. The van der Waals surface area contributed by atoms with Gasteiger partial charge in [-0.05, 0) is 25.4 Å². The first-order valence-electron chi connectivity index (χ1n) is 6.05. The van der Waals surface area contributed by atoms with Crippen LogP contribution in [0.25, 0.3) is 0 Å². The zero-order chi connectivity index (χ0) is 11.4. The zero-order valence-electron chi connectivity index (χ0n) is 11.1. The summed E-state index contributed by atoms with van der Waals surface area (Å²) >= 11 is 0. The van der Waals surface area contributed by atoms with Gasteiger partial charge < -0.3 is 4.43 Å². The van der Waals surface area contributed by atoms with Gasteiger partial charge in [0.1, 0.15) is 0 Å². The fraction of sp³-hybridized carbons (Fsp3) is 1.00. The Labute approximate surface area is 93.6 Å². The Bertz CT molecular complexity index is 161. The minimum absolute atomic E-state index is 0.245. The Morgan fingerprint density at radius 1 is 1.21 bits per heavy atom. The first-order chi connectivity index (χ1) is 6.37. The summed E-state index contributed by atoms with van der Waals surface area (Å²) in [5, 5.41) is 0.245. The normalized spacial score (nSPS) is 20.6. The largest absolute Gasteiger partial charge is 0.418 e. The molecule has 0 rings (SSSR count). The van der Waals surface area contributed by atoms with Gasteiger partial charge in [0, 0.05) is 5.22 Å². The Morgan fingerprint density at radius 2 is 1.71 bits per heavy atom. The van der Waals surface area contributed by atoms with Crippen LogP contribution in [-0.4, -0.2) is 23.1 Å². The Morgan fingerprint density at radius 3 is 2.00 bits per heavy atom. The van der Waals surface area contributed by atoms with Gasteiger partial charge in [0.15, 0.2) is 9.04 Å². The van der Waals surface area contributed by atoms with E-state index in [1.165, 1.54) is 12.8 Å². The second-order valence-corrected chi connectivity index (χ2v) is 11.3. The maximum Gasteiger partial charge on any atom is 0.177 e. The Hall–Kier alpha value is 0.394. The third-order valence-corrected chi connectivity index (χ3v) is 10.1. The lowest BCUT2D eigenvalue weighted by Crippen LogP contribution is -2.45. The molecule has 14 heavy (non-hydrogen) atoms. The average Bonchev–Trinajstić information content (AvgIpc) is 2.15. The second-order valence-electron chi connectivity index (χ2n) is 5.03. The lowest BCUT2D eigenvalue weighted by molar-refractivity contribution is 0.161. The highest BCUT2D eigenvalue weighted by Gasteiger charge is 2.31. The molecule has 3 heteroatoms. The molecule has 0 aromatic rings. The molecule has 0 heterocycles. The summed E-state index contributed by atoms with van der Waals surface area (Å²) < 4.78 is 6.40. The van der Waals surface area contributed by atoms with Crippen molar-refractivity contribution in [1.82, 2.24) is 0 Å². The second kappa shape index (κ2) is 6.08. The number of hydrogen-bond acceptors (Lipinski definition) is 1. The maximum absolute atomic E-state index is 6.40. The van der Waals surface area contributed by atoms with Crippen LogP contribution in [0.5, 0.6) is 0 Å². The summed E-state index contributed by atoms with van der Waals surface area (Å²) in [7, 11) is -1.66. The van der Waals surface area contributed by atoms with Crippen LogP contribution in [0.2, 0.25) is 25.2 Å². The quantitative estimate of drug-likeness (QED) is 0.638. The van der Waals surface area contributed by atoms with E-state index in [0.717, 1.165) is 5.54 Å². The summed E-state index contributed by atoms with van der Waals surface area (Å²) in [6.45, 7) is 16.4. The molecule has 0 aliphatic carbocycles. The number of hydrogen-bond donors (Lipinski definition) is 0. The molecule has 3 atom stereocenters. The van der Waals surface area contributed by atoms with Gasteiger partial charge in [-0.1, -0.05) is 40.3 Å². The molecular weight excluding hydrogens is 204 g/mol. The molecule has 86 valence electrons. The summed E-state index contributed by atoms with van der Waals surface area (Å²) in [4.78, 5) is 0. The van der Waals surface area contributed by atoms with Gasteiger partial charge in [0.05, 0.1) is 8.80 Å². The highest BCUT2D eigenvalue weighted by molar-refractivity contribution is 6.61. The molecule has 0 radical (unpaired) electrons. The van der Waals surface area contributed by atoms with E-state index in [-0.39, 0.29) is 5.22 Å². The van der Waals surface area contributed by atoms with Crippen LogP contribution in [0, 0.1) is 0 Å². The van der Waals surface area contributed by atoms with Crippen LogP contribution < -0.4 is 0 Å². The van der Waals surface area contributed by atoms with Crippen LogP contribution in [0.4, 0.5) is 0 Å². The van der Waals surface area contributed by atoms with Gasteiger partial charge >= 0.3 is 0 Å². The predicted octanol–water partition coefficient (Wildman–Crippen LogP) is 3.35. The van der Waals surface area contributed by atoms with Gasteiger partial charge in [-0.2, -0.15) is 0 Å². The predicted molar refractivity (Wildman–Crippen MR) is 71.4 cm³/mol. The van der Waals surface area contributed by atoms with E-state index < -0.39 is 17.8 Å². The van der Waals surface area contributed by atoms with E-state index in [2.05, 4.69) is 47.3 Å².